The largest absolute Gasteiger partial charge is 0.377 e. The number of carbonyl (C=O) groups excluding carboxylic acids is 1. The molecular weight excluding hydrogens is 438 g/mol. The number of benzene rings is 1. The molecule has 1 saturated heterocycles. The highest BCUT2D eigenvalue weighted by Gasteiger charge is 2.31. The highest BCUT2D eigenvalue weighted by Crippen LogP contribution is 2.22. The topological polar surface area (TPSA) is 102 Å². The van der Waals surface area contributed by atoms with Gasteiger partial charge in [0.25, 0.3) is 0 Å². The van der Waals surface area contributed by atoms with Crippen LogP contribution in [0.2, 0.25) is 0 Å². The maximum absolute atomic E-state index is 13.1. The van der Waals surface area contributed by atoms with E-state index in [1.807, 2.05) is 0 Å². The molecule has 1 aromatic carbocycles. The summed E-state index contributed by atoms with van der Waals surface area (Å²) in [6.45, 7) is 2.07. The van der Waals surface area contributed by atoms with Crippen LogP contribution in [0.15, 0.2) is 44.2 Å². The first kappa shape index (κ1) is 20.0. The molecule has 0 saturated carbocycles. The van der Waals surface area contributed by atoms with E-state index in [1.165, 1.54) is 12.1 Å². The van der Waals surface area contributed by atoms with Gasteiger partial charge in [-0.05, 0) is 44.0 Å². The van der Waals surface area contributed by atoms with E-state index in [4.69, 9.17) is 9.26 Å². The molecule has 27 heavy (non-hydrogen) atoms. The van der Waals surface area contributed by atoms with Crippen molar-refractivity contribution in [1.29, 1.82) is 0 Å². The zero-order chi connectivity index (χ0) is 19.4. The molecule has 3 rings (SSSR count). The average Bonchev–Trinajstić information content (AvgIpc) is 3.26. The SMILES string of the molecule is Cc1cc(NC(=O)CN(CC2CCCO2)S(=O)(=O)c2ccc(Br)cc2)no1. The molecule has 1 unspecified atom stereocenters. The van der Waals surface area contributed by atoms with Crippen molar-refractivity contribution in [2.75, 3.05) is 25.0 Å². The summed E-state index contributed by atoms with van der Waals surface area (Å²) in [5.74, 6) is 0.293. The van der Waals surface area contributed by atoms with Gasteiger partial charge in [-0.15, -0.1) is 0 Å². The number of anilines is 1. The maximum atomic E-state index is 13.1. The number of nitrogens with zero attached hydrogens (tertiary/aromatic N) is 2. The van der Waals surface area contributed by atoms with E-state index in [1.54, 1.807) is 25.1 Å². The third-order valence-corrected chi connectivity index (χ3v) is 6.45. The number of ether oxygens (including phenoxy) is 1. The fourth-order valence-corrected chi connectivity index (χ4v) is 4.48. The number of hydrogen-bond donors (Lipinski definition) is 1. The monoisotopic (exact) mass is 457 g/mol. The van der Waals surface area contributed by atoms with Crippen LogP contribution in [0.5, 0.6) is 0 Å². The number of aryl methyl sites for hydroxylation is 1. The molecule has 2 heterocycles. The highest BCUT2D eigenvalue weighted by molar-refractivity contribution is 9.10. The van der Waals surface area contributed by atoms with Crippen LogP contribution in [-0.4, -0.2) is 49.6 Å². The van der Waals surface area contributed by atoms with Crippen LogP contribution >= 0.6 is 15.9 Å². The number of rotatable bonds is 7. The van der Waals surface area contributed by atoms with Crippen molar-refractivity contribution in [2.24, 2.45) is 0 Å². The van der Waals surface area contributed by atoms with Crippen molar-refractivity contribution in [3.63, 3.8) is 0 Å². The van der Waals surface area contributed by atoms with Gasteiger partial charge in [0, 0.05) is 23.7 Å². The molecule has 0 radical (unpaired) electrons. The molecule has 0 spiro atoms. The van der Waals surface area contributed by atoms with E-state index < -0.39 is 15.9 Å². The number of amides is 1. The Balaban J connectivity index is 1.79. The number of aromatic nitrogens is 1. The Labute approximate surface area is 166 Å². The second-order valence-electron chi connectivity index (χ2n) is 6.26. The lowest BCUT2D eigenvalue weighted by atomic mass is 10.2. The molecule has 1 atom stereocenters. The molecule has 2 aromatic rings. The molecule has 10 heteroatoms. The highest BCUT2D eigenvalue weighted by atomic mass is 79.9. The second-order valence-corrected chi connectivity index (χ2v) is 9.11. The Bertz CT molecular complexity index is 892. The fraction of sp³-hybridized carbons (Fsp3) is 0.412. The molecule has 1 aliphatic rings. The maximum Gasteiger partial charge on any atom is 0.243 e. The summed E-state index contributed by atoms with van der Waals surface area (Å²) in [5.41, 5.74) is 0. The van der Waals surface area contributed by atoms with Gasteiger partial charge in [0.15, 0.2) is 5.82 Å². The van der Waals surface area contributed by atoms with Crippen LogP contribution in [0, 0.1) is 6.92 Å². The molecular formula is C17H20BrN3O5S. The second kappa shape index (κ2) is 8.51. The van der Waals surface area contributed by atoms with Gasteiger partial charge in [-0.1, -0.05) is 21.1 Å². The first-order chi connectivity index (χ1) is 12.8. The van der Waals surface area contributed by atoms with Crippen LogP contribution in [-0.2, 0) is 19.6 Å². The molecule has 1 fully saturated rings. The lowest BCUT2D eigenvalue weighted by Crippen LogP contribution is -2.42. The molecule has 1 aromatic heterocycles. The number of nitrogens with one attached hydrogen (secondary N) is 1. The summed E-state index contributed by atoms with van der Waals surface area (Å²) in [7, 11) is -3.86. The average molecular weight is 458 g/mol. The van der Waals surface area contributed by atoms with Gasteiger partial charge in [0.05, 0.1) is 17.5 Å². The van der Waals surface area contributed by atoms with Crippen molar-refractivity contribution in [2.45, 2.75) is 30.8 Å². The predicted molar refractivity (Wildman–Crippen MR) is 102 cm³/mol. The van der Waals surface area contributed by atoms with Gasteiger partial charge in [0.1, 0.15) is 5.76 Å². The third-order valence-electron chi connectivity index (χ3n) is 4.10. The van der Waals surface area contributed by atoms with Crippen molar-refractivity contribution in [3.8, 4) is 0 Å². The number of sulfonamides is 1. The zero-order valence-electron chi connectivity index (χ0n) is 14.7. The van der Waals surface area contributed by atoms with Gasteiger partial charge >= 0.3 is 0 Å². The zero-order valence-corrected chi connectivity index (χ0v) is 17.1. The molecule has 1 aliphatic heterocycles. The molecule has 146 valence electrons. The summed E-state index contributed by atoms with van der Waals surface area (Å²) in [5, 5.41) is 6.24. The van der Waals surface area contributed by atoms with Crippen molar-refractivity contribution in [3.05, 3.63) is 40.6 Å². The van der Waals surface area contributed by atoms with Crippen LogP contribution in [0.4, 0.5) is 5.82 Å². The Morgan fingerprint density at radius 1 is 1.37 bits per heavy atom. The van der Waals surface area contributed by atoms with Crippen molar-refractivity contribution < 1.29 is 22.5 Å². The fourth-order valence-electron chi connectivity index (χ4n) is 2.79. The number of carbonyl (C=O) groups is 1. The van der Waals surface area contributed by atoms with E-state index in [0.29, 0.717) is 12.4 Å². The summed E-state index contributed by atoms with van der Waals surface area (Å²) in [4.78, 5) is 12.5. The van der Waals surface area contributed by atoms with Crippen molar-refractivity contribution in [1.82, 2.24) is 9.46 Å². The first-order valence-electron chi connectivity index (χ1n) is 8.45. The minimum Gasteiger partial charge on any atom is -0.377 e. The molecule has 1 N–H and O–H groups in total. The van der Waals surface area contributed by atoms with E-state index in [-0.39, 0.29) is 29.9 Å². The Morgan fingerprint density at radius 2 is 2.11 bits per heavy atom. The molecule has 1 amide bonds. The molecule has 0 aliphatic carbocycles. The van der Waals surface area contributed by atoms with E-state index in [9.17, 15) is 13.2 Å². The Morgan fingerprint density at radius 3 is 2.70 bits per heavy atom. The van der Waals surface area contributed by atoms with Gasteiger partial charge in [-0.2, -0.15) is 4.31 Å². The summed E-state index contributed by atoms with van der Waals surface area (Å²) in [6, 6.07) is 7.86. The van der Waals surface area contributed by atoms with E-state index in [2.05, 4.69) is 26.4 Å². The Hall–Kier alpha value is -1.75. The summed E-state index contributed by atoms with van der Waals surface area (Å²) in [6.07, 6.45) is 1.41. The summed E-state index contributed by atoms with van der Waals surface area (Å²) < 4.78 is 38.5. The van der Waals surface area contributed by atoms with E-state index >= 15 is 0 Å². The van der Waals surface area contributed by atoms with Gasteiger partial charge in [-0.25, -0.2) is 8.42 Å². The normalized spacial score (nSPS) is 17.4. The van der Waals surface area contributed by atoms with Crippen LogP contribution in [0.25, 0.3) is 0 Å². The van der Waals surface area contributed by atoms with Gasteiger partial charge in [-0.3, -0.25) is 4.79 Å². The van der Waals surface area contributed by atoms with Gasteiger partial charge < -0.3 is 14.6 Å². The number of halogens is 1. The molecule has 8 nitrogen and oxygen atoms in total. The van der Waals surface area contributed by atoms with Gasteiger partial charge in [0.2, 0.25) is 15.9 Å². The molecule has 0 bridgehead atoms. The van der Waals surface area contributed by atoms with Crippen molar-refractivity contribution >= 4 is 37.7 Å². The van der Waals surface area contributed by atoms with Crippen LogP contribution < -0.4 is 5.32 Å². The quantitative estimate of drug-likeness (QED) is 0.685. The predicted octanol–water partition coefficient (Wildman–Crippen LogP) is 2.55. The smallest absolute Gasteiger partial charge is 0.243 e. The minimum absolute atomic E-state index is 0.115. The van der Waals surface area contributed by atoms with Crippen LogP contribution in [0.1, 0.15) is 18.6 Å². The minimum atomic E-state index is -3.86. The number of hydrogen-bond acceptors (Lipinski definition) is 6. The van der Waals surface area contributed by atoms with Crippen LogP contribution in [0.3, 0.4) is 0 Å². The Kier molecular flexibility index (Phi) is 6.30. The standard InChI is InChI=1S/C17H20BrN3O5S/c1-12-9-16(20-26-12)19-17(22)11-21(10-14-3-2-8-25-14)27(23,24)15-6-4-13(18)5-7-15/h4-7,9,14H,2-3,8,10-11H2,1H3,(H,19,20,22). The third kappa shape index (κ3) is 5.16. The first-order valence-corrected chi connectivity index (χ1v) is 10.7. The lowest BCUT2D eigenvalue weighted by molar-refractivity contribution is -0.116. The summed E-state index contributed by atoms with van der Waals surface area (Å²) >= 11 is 3.29. The lowest BCUT2D eigenvalue weighted by Gasteiger charge is -2.24. The van der Waals surface area contributed by atoms with E-state index in [0.717, 1.165) is 21.6 Å².